The number of hydrogen-bond acceptors (Lipinski definition) is 8. The topological polar surface area (TPSA) is 137 Å². The van der Waals surface area contributed by atoms with Gasteiger partial charge in [0.1, 0.15) is 6.33 Å². The number of hydrogen-bond donors (Lipinski definition) is 3. The summed E-state index contributed by atoms with van der Waals surface area (Å²) in [6, 6.07) is 0. The molecule has 0 saturated heterocycles. The zero-order valence-corrected chi connectivity index (χ0v) is 10.3. The maximum Gasteiger partial charge on any atom is 0.354 e. The molecule has 0 aliphatic carbocycles. The van der Waals surface area contributed by atoms with E-state index in [0.29, 0.717) is 11.4 Å². The molecule has 0 spiro atoms. The van der Waals surface area contributed by atoms with Gasteiger partial charge in [-0.25, -0.2) is 15.8 Å². The third-order valence-corrected chi connectivity index (χ3v) is 2.41. The summed E-state index contributed by atoms with van der Waals surface area (Å²) in [7, 11) is 1.75. The first-order valence-electron chi connectivity index (χ1n) is 5.26. The van der Waals surface area contributed by atoms with E-state index >= 15 is 0 Å². The fourth-order valence-corrected chi connectivity index (χ4v) is 1.60. The predicted molar refractivity (Wildman–Crippen MR) is 67.7 cm³/mol. The molecule has 0 bridgehead atoms. The van der Waals surface area contributed by atoms with Crippen molar-refractivity contribution in [2.75, 3.05) is 10.7 Å². The van der Waals surface area contributed by atoms with Crippen molar-refractivity contribution in [1.29, 1.82) is 0 Å². The average molecular weight is 264 g/mol. The van der Waals surface area contributed by atoms with Crippen molar-refractivity contribution in [2.45, 2.75) is 6.92 Å². The lowest BCUT2D eigenvalue weighted by Gasteiger charge is -2.06. The van der Waals surface area contributed by atoms with Gasteiger partial charge >= 0.3 is 5.69 Å². The monoisotopic (exact) mass is 264 g/mol. The van der Waals surface area contributed by atoms with Crippen LogP contribution >= 0.6 is 0 Å². The molecule has 0 fully saturated rings. The molecule has 0 aliphatic heterocycles. The normalized spacial score (nSPS) is 10.3. The van der Waals surface area contributed by atoms with Gasteiger partial charge in [-0.3, -0.25) is 14.8 Å². The van der Waals surface area contributed by atoms with E-state index in [2.05, 4.69) is 25.8 Å². The molecule has 2 heterocycles. The summed E-state index contributed by atoms with van der Waals surface area (Å²) >= 11 is 0. The van der Waals surface area contributed by atoms with Crippen LogP contribution < -0.4 is 16.6 Å². The molecule has 0 saturated carbocycles. The van der Waals surface area contributed by atoms with Crippen molar-refractivity contribution >= 4 is 23.0 Å². The Morgan fingerprint density at radius 2 is 2.11 bits per heavy atom. The number of aromatic nitrogens is 4. The van der Waals surface area contributed by atoms with Crippen LogP contribution in [0.2, 0.25) is 0 Å². The van der Waals surface area contributed by atoms with Crippen LogP contribution in [0.3, 0.4) is 0 Å². The van der Waals surface area contributed by atoms with Crippen molar-refractivity contribution in [3.63, 3.8) is 0 Å². The molecule has 2 rings (SSSR count). The van der Waals surface area contributed by atoms with Gasteiger partial charge in [0.2, 0.25) is 11.6 Å². The number of nitrogens with one attached hydrogen (secondary N) is 2. The molecule has 0 aliphatic rings. The summed E-state index contributed by atoms with van der Waals surface area (Å²) in [6.45, 7) is 1.78. The smallest absolute Gasteiger partial charge is 0.331 e. The first-order chi connectivity index (χ1) is 9.02. The minimum atomic E-state index is -0.608. The molecule has 0 unspecified atom stereocenters. The van der Waals surface area contributed by atoms with Crippen LogP contribution in [0.4, 0.5) is 23.0 Å². The lowest BCUT2D eigenvalue weighted by atomic mass is 10.3. The van der Waals surface area contributed by atoms with Gasteiger partial charge < -0.3 is 10.7 Å². The Labute approximate surface area is 107 Å². The van der Waals surface area contributed by atoms with E-state index < -0.39 is 4.92 Å². The molecule has 0 atom stereocenters. The molecule has 10 heteroatoms. The highest BCUT2D eigenvalue weighted by molar-refractivity contribution is 5.73. The zero-order chi connectivity index (χ0) is 14.0. The Morgan fingerprint density at radius 3 is 2.63 bits per heavy atom. The summed E-state index contributed by atoms with van der Waals surface area (Å²) < 4.78 is 1.59. The Kier molecular flexibility index (Phi) is 3.25. The molecule has 19 heavy (non-hydrogen) atoms. The van der Waals surface area contributed by atoms with Crippen LogP contribution in [0.5, 0.6) is 0 Å². The molecule has 2 aromatic rings. The third kappa shape index (κ3) is 2.42. The van der Waals surface area contributed by atoms with Crippen molar-refractivity contribution in [3.05, 3.63) is 28.3 Å². The number of hydrazine groups is 1. The SMILES string of the molecule is Cc1nn(C)cc1Nc1ncnc(NN)c1[N+](=O)[O-]. The molecule has 0 amide bonds. The maximum absolute atomic E-state index is 11.1. The standard InChI is InChI=1S/C9H12N8O2/c1-5-6(3-16(2)15-5)13-8-7(17(18)19)9(14-10)12-4-11-8/h3-4H,10H2,1-2H3,(H2,11,12,13,14). The Hall–Kier alpha value is -2.75. The highest BCUT2D eigenvalue weighted by Gasteiger charge is 2.23. The number of rotatable bonds is 4. The minimum Gasteiger partial charge on any atom is -0.331 e. The van der Waals surface area contributed by atoms with Gasteiger partial charge in [0, 0.05) is 13.2 Å². The van der Waals surface area contributed by atoms with Crippen molar-refractivity contribution in [2.24, 2.45) is 12.9 Å². The van der Waals surface area contributed by atoms with E-state index in [0.717, 1.165) is 0 Å². The van der Waals surface area contributed by atoms with Crippen molar-refractivity contribution in [3.8, 4) is 0 Å². The molecule has 100 valence electrons. The van der Waals surface area contributed by atoms with E-state index in [1.165, 1.54) is 6.33 Å². The van der Waals surface area contributed by atoms with Gasteiger partial charge in [0.05, 0.1) is 16.3 Å². The summed E-state index contributed by atoms with van der Waals surface area (Å²) in [4.78, 5) is 18.0. The molecule has 0 radical (unpaired) electrons. The second-order valence-corrected chi connectivity index (χ2v) is 3.75. The fourth-order valence-electron chi connectivity index (χ4n) is 1.60. The number of nitrogen functional groups attached to an aromatic ring is 1. The van der Waals surface area contributed by atoms with Gasteiger partial charge in [-0.1, -0.05) is 0 Å². The largest absolute Gasteiger partial charge is 0.354 e. The molecule has 2 aromatic heterocycles. The number of nitrogens with two attached hydrogens (primary N) is 1. The number of anilines is 3. The first-order valence-corrected chi connectivity index (χ1v) is 5.26. The number of nitrogens with zero attached hydrogens (tertiary/aromatic N) is 5. The molecule has 10 nitrogen and oxygen atoms in total. The third-order valence-electron chi connectivity index (χ3n) is 2.41. The van der Waals surface area contributed by atoms with Crippen molar-refractivity contribution < 1.29 is 4.92 Å². The summed E-state index contributed by atoms with van der Waals surface area (Å²) in [5.74, 6) is 5.18. The van der Waals surface area contributed by atoms with E-state index in [1.54, 1.807) is 24.9 Å². The van der Waals surface area contributed by atoms with Crippen LogP contribution in [0.1, 0.15) is 5.69 Å². The van der Waals surface area contributed by atoms with Crippen LogP contribution in [0, 0.1) is 17.0 Å². The Bertz CT molecular complexity index is 623. The minimum absolute atomic E-state index is 0.0454. The predicted octanol–water partition coefficient (Wildman–Crippen LogP) is 0.456. The molecular weight excluding hydrogens is 252 g/mol. The molecule has 0 aromatic carbocycles. The molecular formula is C9H12N8O2. The first kappa shape index (κ1) is 12.7. The van der Waals surface area contributed by atoms with Gasteiger partial charge in [0.25, 0.3) is 0 Å². The fraction of sp³-hybridized carbons (Fsp3) is 0.222. The van der Waals surface area contributed by atoms with Crippen molar-refractivity contribution in [1.82, 2.24) is 19.7 Å². The summed E-state index contributed by atoms with van der Waals surface area (Å²) in [5.41, 5.74) is 3.15. The lowest BCUT2D eigenvalue weighted by molar-refractivity contribution is -0.383. The summed E-state index contributed by atoms with van der Waals surface area (Å²) in [5, 5.41) is 18.0. The van der Waals surface area contributed by atoms with E-state index in [-0.39, 0.29) is 17.3 Å². The highest BCUT2D eigenvalue weighted by atomic mass is 16.6. The van der Waals surface area contributed by atoms with Gasteiger partial charge in [-0.2, -0.15) is 5.10 Å². The summed E-state index contributed by atoms with van der Waals surface area (Å²) in [6.07, 6.45) is 2.87. The van der Waals surface area contributed by atoms with Gasteiger partial charge in [-0.05, 0) is 6.92 Å². The van der Waals surface area contributed by atoms with Crippen LogP contribution in [0.15, 0.2) is 12.5 Å². The highest BCUT2D eigenvalue weighted by Crippen LogP contribution is 2.30. The van der Waals surface area contributed by atoms with E-state index in [9.17, 15) is 10.1 Å². The average Bonchev–Trinajstić information content (AvgIpc) is 2.67. The zero-order valence-electron chi connectivity index (χ0n) is 10.3. The van der Waals surface area contributed by atoms with Gasteiger partial charge in [-0.15, -0.1) is 0 Å². The van der Waals surface area contributed by atoms with E-state index in [1.807, 2.05) is 0 Å². The van der Waals surface area contributed by atoms with E-state index in [4.69, 9.17) is 5.84 Å². The molecule has 4 N–H and O–H groups in total. The Morgan fingerprint density at radius 1 is 1.42 bits per heavy atom. The number of nitro groups is 1. The maximum atomic E-state index is 11.1. The Balaban J connectivity index is 2.45. The van der Waals surface area contributed by atoms with Crippen LogP contribution in [-0.4, -0.2) is 24.7 Å². The second kappa shape index (κ2) is 4.86. The van der Waals surface area contributed by atoms with Crippen LogP contribution in [-0.2, 0) is 7.05 Å². The van der Waals surface area contributed by atoms with Crippen LogP contribution in [0.25, 0.3) is 0 Å². The second-order valence-electron chi connectivity index (χ2n) is 3.75. The lowest BCUT2D eigenvalue weighted by Crippen LogP contribution is -2.12. The number of aryl methyl sites for hydroxylation is 2. The quantitative estimate of drug-likeness (QED) is 0.411. The van der Waals surface area contributed by atoms with Gasteiger partial charge in [0.15, 0.2) is 0 Å².